The summed E-state index contributed by atoms with van der Waals surface area (Å²) in [7, 11) is 0. The van der Waals surface area contributed by atoms with E-state index in [1.807, 2.05) is 24.3 Å². The quantitative estimate of drug-likeness (QED) is 0.666. The lowest BCUT2D eigenvalue weighted by Gasteiger charge is -2.18. The zero-order chi connectivity index (χ0) is 17.8. The number of benzene rings is 1. The molecule has 1 saturated heterocycles. The lowest BCUT2D eigenvalue weighted by Crippen LogP contribution is -2.28. The van der Waals surface area contributed by atoms with Crippen molar-refractivity contribution < 1.29 is 4.92 Å². The molecule has 1 N–H and O–H groups in total. The second-order valence-corrected chi connectivity index (χ2v) is 6.33. The second kappa shape index (κ2) is 7.28. The normalized spacial score (nSPS) is 20.2. The van der Waals surface area contributed by atoms with E-state index in [-0.39, 0.29) is 23.1 Å². The van der Waals surface area contributed by atoms with Gasteiger partial charge in [0.2, 0.25) is 5.82 Å². The Labute approximate surface area is 146 Å². The van der Waals surface area contributed by atoms with E-state index in [0.29, 0.717) is 5.92 Å². The molecule has 1 aliphatic rings. The predicted molar refractivity (Wildman–Crippen MR) is 93.9 cm³/mol. The first-order chi connectivity index (χ1) is 12.1. The maximum absolute atomic E-state index is 11.3. The van der Waals surface area contributed by atoms with Crippen LogP contribution in [-0.2, 0) is 6.54 Å². The molecular formula is C18H19N5O2. The topological polar surface area (TPSA) is 95.1 Å². The molecule has 1 aliphatic heterocycles. The first-order valence-electron chi connectivity index (χ1n) is 8.14. The summed E-state index contributed by atoms with van der Waals surface area (Å²) in [6.07, 6.45) is 1.43. The van der Waals surface area contributed by atoms with E-state index in [2.05, 4.69) is 34.3 Å². The highest BCUT2D eigenvalue weighted by atomic mass is 16.6. The Bertz CT molecular complexity index is 803. The van der Waals surface area contributed by atoms with Crippen LogP contribution >= 0.6 is 0 Å². The van der Waals surface area contributed by atoms with Gasteiger partial charge in [0.15, 0.2) is 0 Å². The van der Waals surface area contributed by atoms with Crippen molar-refractivity contribution in [3.05, 3.63) is 63.8 Å². The van der Waals surface area contributed by atoms with Gasteiger partial charge >= 0.3 is 5.69 Å². The molecular weight excluding hydrogens is 318 g/mol. The number of likely N-dealkylation sites (tertiary alicyclic amines) is 1. The molecule has 3 rings (SSSR count). The van der Waals surface area contributed by atoms with E-state index in [4.69, 9.17) is 5.26 Å². The van der Waals surface area contributed by atoms with Crippen molar-refractivity contribution in [2.75, 3.05) is 18.4 Å². The van der Waals surface area contributed by atoms with Crippen molar-refractivity contribution in [1.82, 2.24) is 9.88 Å². The number of nitriles is 1. The number of aromatic nitrogens is 1. The van der Waals surface area contributed by atoms with Gasteiger partial charge in [-0.15, -0.1) is 0 Å². The van der Waals surface area contributed by atoms with Crippen LogP contribution in [0.15, 0.2) is 42.6 Å². The third-order valence-corrected chi connectivity index (χ3v) is 4.49. The van der Waals surface area contributed by atoms with Gasteiger partial charge in [0.05, 0.1) is 4.92 Å². The third kappa shape index (κ3) is 3.75. The van der Waals surface area contributed by atoms with E-state index < -0.39 is 4.92 Å². The molecule has 0 spiro atoms. The van der Waals surface area contributed by atoms with Gasteiger partial charge in [0, 0.05) is 31.9 Å². The molecule has 0 aliphatic carbocycles. The minimum atomic E-state index is -0.546. The Morgan fingerprint density at radius 2 is 2.12 bits per heavy atom. The minimum absolute atomic E-state index is 0.0225. The first kappa shape index (κ1) is 16.9. The maximum atomic E-state index is 11.3. The van der Waals surface area contributed by atoms with Gasteiger partial charge < -0.3 is 5.32 Å². The van der Waals surface area contributed by atoms with Crippen molar-refractivity contribution >= 4 is 11.5 Å². The highest BCUT2D eigenvalue weighted by Crippen LogP contribution is 2.29. The van der Waals surface area contributed by atoms with Crippen LogP contribution in [0.1, 0.15) is 18.1 Å². The second-order valence-electron chi connectivity index (χ2n) is 6.33. The molecule has 2 atom stereocenters. The van der Waals surface area contributed by atoms with Crippen LogP contribution in [0, 0.1) is 27.4 Å². The van der Waals surface area contributed by atoms with E-state index in [0.717, 1.165) is 19.6 Å². The summed E-state index contributed by atoms with van der Waals surface area (Å²) in [5.74, 6) is 0.485. The Morgan fingerprint density at radius 3 is 2.80 bits per heavy atom. The van der Waals surface area contributed by atoms with E-state index in [1.165, 1.54) is 17.8 Å². The summed E-state index contributed by atoms with van der Waals surface area (Å²) in [4.78, 5) is 17.2. The Kier molecular flexibility index (Phi) is 4.91. The number of hydrogen-bond donors (Lipinski definition) is 1. The van der Waals surface area contributed by atoms with E-state index >= 15 is 0 Å². The fraction of sp³-hybridized carbons (Fsp3) is 0.333. The van der Waals surface area contributed by atoms with E-state index in [9.17, 15) is 10.1 Å². The molecule has 1 aromatic carbocycles. The number of nitrogens with one attached hydrogen (secondary N) is 1. The minimum Gasteiger partial charge on any atom is -0.360 e. The Balaban J connectivity index is 1.74. The average molecular weight is 337 g/mol. The third-order valence-electron chi connectivity index (χ3n) is 4.49. The van der Waals surface area contributed by atoms with Crippen molar-refractivity contribution in [1.29, 1.82) is 5.26 Å². The van der Waals surface area contributed by atoms with E-state index in [1.54, 1.807) is 0 Å². The van der Waals surface area contributed by atoms with Crippen molar-refractivity contribution in [2.45, 2.75) is 19.5 Å². The highest BCUT2D eigenvalue weighted by molar-refractivity contribution is 5.64. The number of pyridine rings is 1. The summed E-state index contributed by atoms with van der Waals surface area (Å²) in [6, 6.07) is 13.5. The summed E-state index contributed by atoms with van der Waals surface area (Å²) in [6.45, 7) is 4.63. The molecule has 1 aromatic heterocycles. The largest absolute Gasteiger partial charge is 0.360 e. The van der Waals surface area contributed by atoms with Crippen molar-refractivity contribution in [3.63, 3.8) is 0 Å². The van der Waals surface area contributed by atoms with Crippen molar-refractivity contribution in [3.8, 4) is 6.07 Å². The van der Waals surface area contributed by atoms with Gasteiger partial charge in [-0.1, -0.05) is 37.3 Å². The smallest absolute Gasteiger partial charge is 0.328 e. The first-order valence-corrected chi connectivity index (χ1v) is 8.14. The van der Waals surface area contributed by atoms with Crippen LogP contribution in [0.25, 0.3) is 0 Å². The molecule has 0 amide bonds. The molecule has 0 radical (unpaired) electrons. The predicted octanol–water partition coefficient (Wildman–Crippen LogP) is 2.79. The summed E-state index contributed by atoms with van der Waals surface area (Å²) >= 11 is 0. The molecule has 25 heavy (non-hydrogen) atoms. The Hall–Kier alpha value is -2.98. The number of nitro groups is 1. The molecule has 0 bridgehead atoms. The van der Waals surface area contributed by atoms with Crippen LogP contribution in [0.3, 0.4) is 0 Å². The van der Waals surface area contributed by atoms with Gasteiger partial charge in [-0.05, 0) is 17.5 Å². The highest BCUT2D eigenvalue weighted by Gasteiger charge is 2.32. The zero-order valence-electron chi connectivity index (χ0n) is 13.9. The van der Waals surface area contributed by atoms with Crippen LogP contribution < -0.4 is 5.32 Å². The summed E-state index contributed by atoms with van der Waals surface area (Å²) < 4.78 is 0. The number of rotatable bonds is 5. The molecule has 7 nitrogen and oxygen atoms in total. The van der Waals surface area contributed by atoms with Crippen LogP contribution in [0.5, 0.6) is 0 Å². The lowest BCUT2D eigenvalue weighted by atomic mass is 10.1. The molecule has 1 fully saturated rings. The number of anilines is 1. The van der Waals surface area contributed by atoms with Gasteiger partial charge in [0.25, 0.3) is 0 Å². The molecule has 2 aromatic rings. The van der Waals surface area contributed by atoms with Gasteiger partial charge in [0.1, 0.15) is 11.6 Å². The average Bonchev–Trinajstić information content (AvgIpc) is 2.94. The number of nitrogens with zero attached hydrogens (tertiary/aromatic N) is 4. The molecule has 128 valence electrons. The van der Waals surface area contributed by atoms with Gasteiger partial charge in [-0.3, -0.25) is 15.0 Å². The fourth-order valence-corrected chi connectivity index (χ4v) is 3.24. The lowest BCUT2D eigenvalue weighted by molar-refractivity contribution is -0.384. The van der Waals surface area contributed by atoms with Crippen molar-refractivity contribution in [2.24, 2.45) is 5.92 Å². The molecule has 2 heterocycles. The zero-order valence-corrected chi connectivity index (χ0v) is 13.9. The summed E-state index contributed by atoms with van der Waals surface area (Å²) in [5, 5.41) is 23.6. The Morgan fingerprint density at radius 1 is 1.36 bits per heavy atom. The number of hydrogen-bond acceptors (Lipinski definition) is 6. The monoisotopic (exact) mass is 337 g/mol. The van der Waals surface area contributed by atoms with Gasteiger partial charge in [-0.25, -0.2) is 4.98 Å². The molecule has 0 saturated carbocycles. The van der Waals surface area contributed by atoms with Gasteiger partial charge in [-0.2, -0.15) is 5.26 Å². The standard InChI is InChI=1S/C18H19N5O2/c1-13-10-22(11-14-5-3-2-4-6-14)12-16(13)21-18-17(23(24)25)15(9-19)7-8-20-18/h2-8,13,16H,10-12H2,1H3,(H,20,21). The maximum Gasteiger partial charge on any atom is 0.328 e. The van der Waals surface area contributed by atoms with Crippen LogP contribution in [0.4, 0.5) is 11.5 Å². The SMILES string of the molecule is CC1CN(Cc2ccccc2)CC1Nc1nccc(C#N)c1[N+](=O)[O-]. The fourth-order valence-electron chi connectivity index (χ4n) is 3.24. The van der Waals surface area contributed by atoms with Crippen LogP contribution in [0.2, 0.25) is 0 Å². The van der Waals surface area contributed by atoms with Crippen LogP contribution in [-0.4, -0.2) is 33.9 Å². The molecule has 7 heteroatoms. The molecule has 2 unspecified atom stereocenters. The summed E-state index contributed by atoms with van der Waals surface area (Å²) in [5.41, 5.74) is 1.01.